The van der Waals surface area contributed by atoms with E-state index in [1.165, 1.54) is 5.56 Å². The number of rotatable bonds is 5. The van der Waals surface area contributed by atoms with Crippen LogP contribution in [0.5, 0.6) is 0 Å². The molecule has 116 valence electrons. The second kappa shape index (κ2) is 7.61. The molecule has 0 fully saturated rings. The average molecular weight is 298 g/mol. The Balaban J connectivity index is 1.94. The number of carbonyl (C=O) groups is 1. The van der Waals surface area contributed by atoms with Crippen molar-refractivity contribution >= 4 is 11.7 Å². The minimum Gasteiger partial charge on any atom is -0.392 e. The van der Waals surface area contributed by atoms with Crippen molar-refractivity contribution in [3.05, 3.63) is 65.2 Å². The zero-order valence-electron chi connectivity index (χ0n) is 13.0. The maximum Gasteiger partial charge on any atom is 0.319 e. The van der Waals surface area contributed by atoms with Crippen LogP contribution in [0.1, 0.15) is 36.5 Å². The Morgan fingerprint density at radius 3 is 2.50 bits per heavy atom. The first-order chi connectivity index (χ1) is 10.6. The predicted molar refractivity (Wildman–Crippen MR) is 88.8 cm³/mol. The van der Waals surface area contributed by atoms with E-state index in [9.17, 15) is 9.90 Å². The van der Waals surface area contributed by atoms with E-state index in [-0.39, 0.29) is 12.6 Å². The highest BCUT2D eigenvalue weighted by atomic mass is 16.3. The minimum atomic E-state index is -0.256. The van der Waals surface area contributed by atoms with Crippen LogP contribution in [0.15, 0.2) is 48.5 Å². The van der Waals surface area contributed by atoms with Crippen LogP contribution in [-0.4, -0.2) is 11.1 Å². The molecular weight excluding hydrogens is 276 g/mol. The number of benzene rings is 2. The van der Waals surface area contributed by atoms with Crippen LogP contribution < -0.4 is 10.6 Å². The van der Waals surface area contributed by atoms with Gasteiger partial charge in [0.25, 0.3) is 0 Å². The lowest BCUT2D eigenvalue weighted by Gasteiger charge is -2.12. The summed E-state index contributed by atoms with van der Waals surface area (Å²) in [6.07, 6.45) is 0. The molecule has 2 aromatic rings. The number of carbonyl (C=O) groups excluding carboxylic acids is 1. The maximum atomic E-state index is 12.0. The van der Waals surface area contributed by atoms with Gasteiger partial charge in [0.15, 0.2) is 0 Å². The van der Waals surface area contributed by atoms with Gasteiger partial charge in [-0.1, -0.05) is 50.2 Å². The fourth-order valence-corrected chi connectivity index (χ4v) is 2.21. The molecule has 2 rings (SSSR count). The zero-order valence-corrected chi connectivity index (χ0v) is 13.0. The number of aliphatic hydroxyl groups excluding tert-OH is 1. The van der Waals surface area contributed by atoms with Crippen LogP contribution in [0.4, 0.5) is 10.5 Å². The minimum absolute atomic E-state index is 0.0318. The van der Waals surface area contributed by atoms with Crippen LogP contribution >= 0.6 is 0 Å². The molecule has 0 radical (unpaired) electrons. The van der Waals surface area contributed by atoms with E-state index >= 15 is 0 Å². The zero-order chi connectivity index (χ0) is 15.9. The summed E-state index contributed by atoms with van der Waals surface area (Å²) in [5.74, 6) is 0.418. The smallest absolute Gasteiger partial charge is 0.319 e. The Morgan fingerprint density at radius 1 is 1.09 bits per heavy atom. The lowest BCUT2D eigenvalue weighted by Crippen LogP contribution is -2.28. The quantitative estimate of drug-likeness (QED) is 0.789. The molecule has 4 nitrogen and oxygen atoms in total. The summed E-state index contributed by atoms with van der Waals surface area (Å²) in [6, 6.07) is 15.1. The Bertz CT molecular complexity index is 638. The normalized spacial score (nSPS) is 10.5. The highest BCUT2D eigenvalue weighted by Gasteiger charge is 2.06. The summed E-state index contributed by atoms with van der Waals surface area (Å²) in [5, 5.41) is 14.9. The molecule has 0 spiro atoms. The summed E-state index contributed by atoms with van der Waals surface area (Å²) in [4.78, 5) is 12.0. The van der Waals surface area contributed by atoms with Gasteiger partial charge in [0.2, 0.25) is 0 Å². The van der Waals surface area contributed by atoms with Crippen LogP contribution in [0.3, 0.4) is 0 Å². The third-order valence-corrected chi connectivity index (χ3v) is 3.54. The molecule has 0 saturated carbocycles. The topological polar surface area (TPSA) is 61.4 Å². The molecule has 0 aliphatic heterocycles. The molecule has 2 amide bonds. The first kappa shape index (κ1) is 16.0. The standard InChI is InChI=1S/C18H22N2O2/c1-13(2)14-8-5-9-17(10-14)20-18(22)19-11-15-6-3-4-7-16(15)12-21/h3-10,13,21H,11-12H2,1-2H3,(H2,19,20,22). The van der Waals surface area contributed by atoms with E-state index in [4.69, 9.17) is 0 Å². The van der Waals surface area contributed by atoms with Gasteiger partial charge in [-0.2, -0.15) is 0 Å². The van der Waals surface area contributed by atoms with Crippen molar-refractivity contribution in [1.29, 1.82) is 0 Å². The molecule has 22 heavy (non-hydrogen) atoms. The molecule has 3 N–H and O–H groups in total. The lowest BCUT2D eigenvalue weighted by molar-refractivity contribution is 0.251. The number of amides is 2. The third kappa shape index (κ3) is 4.33. The monoisotopic (exact) mass is 298 g/mol. The molecule has 0 unspecified atom stereocenters. The first-order valence-electron chi connectivity index (χ1n) is 7.42. The van der Waals surface area contributed by atoms with E-state index in [1.807, 2.05) is 48.5 Å². The van der Waals surface area contributed by atoms with Gasteiger partial charge >= 0.3 is 6.03 Å². The van der Waals surface area contributed by atoms with E-state index in [1.54, 1.807) is 0 Å². The molecule has 0 saturated heterocycles. The van der Waals surface area contributed by atoms with Crippen molar-refractivity contribution in [3.8, 4) is 0 Å². The largest absolute Gasteiger partial charge is 0.392 e. The van der Waals surface area contributed by atoms with Gasteiger partial charge in [0, 0.05) is 12.2 Å². The number of aliphatic hydroxyl groups is 1. The fourth-order valence-electron chi connectivity index (χ4n) is 2.21. The molecule has 2 aromatic carbocycles. The molecule has 0 bridgehead atoms. The third-order valence-electron chi connectivity index (χ3n) is 3.54. The molecule has 0 atom stereocenters. The van der Waals surface area contributed by atoms with Crippen LogP contribution in [-0.2, 0) is 13.2 Å². The van der Waals surface area contributed by atoms with Gasteiger partial charge in [-0.25, -0.2) is 4.79 Å². The maximum absolute atomic E-state index is 12.0. The van der Waals surface area contributed by atoms with Gasteiger partial charge in [-0.3, -0.25) is 0 Å². The summed E-state index contributed by atoms with van der Waals surface area (Å²) in [6.45, 7) is 4.58. The Kier molecular flexibility index (Phi) is 5.55. The predicted octanol–water partition coefficient (Wildman–Crippen LogP) is 3.62. The van der Waals surface area contributed by atoms with Gasteiger partial charge in [-0.05, 0) is 34.7 Å². The van der Waals surface area contributed by atoms with Gasteiger partial charge in [0.05, 0.1) is 6.61 Å². The molecule has 0 heterocycles. The van der Waals surface area contributed by atoms with Crippen molar-refractivity contribution < 1.29 is 9.90 Å². The SMILES string of the molecule is CC(C)c1cccc(NC(=O)NCc2ccccc2CO)c1. The Morgan fingerprint density at radius 2 is 1.82 bits per heavy atom. The number of hydrogen-bond donors (Lipinski definition) is 3. The number of anilines is 1. The molecule has 0 aliphatic rings. The molecule has 4 heteroatoms. The summed E-state index contributed by atoms with van der Waals surface area (Å²) in [5.41, 5.74) is 3.70. The fraction of sp³-hybridized carbons (Fsp3) is 0.278. The number of hydrogen-bond acceptors (Lipinski definition) is 2. The number of nitrogens with one attached hydrogen (secondary N) is 2. The van der Waals surface area contributed by atoms with Crippen molar-refractivity contribution in [3.63, 3.8) is 0 Å². The van der Waals surface area contributed by atoms with Crippen molar-refractivity contribution in [2.75, 3.05) is 5.32 Å². The van der Waals surface area contributed by atoms with Gasteiger partial charge < -0.3 is 15.7 Å². The Labute approximate surface area is 131 Å². The Hall–Kier alpha value is -2.33. The average Bonchev–Trinajstić information content (AvgIpc) is 2.53. The van der Waals surface area contributed by atoms with E-state index in [2.05, 4.69) is 24.5 Å². The second-order valence-electron chi connectivity index (χ2n) is 5.51. The highest BCUT2D eigenvalue weighted by molar-refractivity contribution is 5.89. The van der Waals surface area contributed by atoms with Gasteiger partial charge in [-0.15, -0.1) is 0 Å². The van der Waals surface area contributed by atoms with Gasteiger partial charge in [0.1, 0.15) is 0 Å². The van der Waals surface area contributed by atoms with Crippen molar-refractivity contribution in [2.45, 2.75) is 32.9 Å². The second-order valence-corrected chi connectivity index (χ2v) is 5.51. The molecule has 0 aromatic heterocycles. The van der Waals surface area contributed by atoms with Crippen LogP contribution in [0.25, 0.3) is 0 Å². The molecular formula is C18H22N2O2. The highest BCUT2D eigenvalue weighted by Crippen LogP contribution is 2.18. The van der Waals surface area contributed by atoms with E-state index < -0.39 is 0 Å². The number of urea groups is 1. The van der Waals surface area contributed by atoms with Crippen molar-refractivity contribution in [1.82, 2.24) is 5.32 Å². The first-order valence-corrected chi connectivity index (χ1v) is 7.42. The summed E-state index contributed by atoms with van der Waals surface area (Å²) >= 11 is 0. The van der Waals surface area contributed by atoms with E-state index in [0.717, 1.165) is 16.8 Å². The van der Waals surface area contributed by atoms with Crippen LogP contribution in [0, 0.1) is 0 Å². The van der Waals surface area contributed by atoms with E-state index in [0.29, 0.717) is 12.5 Å². The van der Waals surface area contributed by atoms with Crippen LogP contribution in [0.2, 0.25) is 0 Å². The summed E-state index contributed by atoms with van der Waals surface area (Å²) < 4.78 is 0. The lowest BCUT2D eigenvalue weighted by atomic mass is 10.0. The molecule has 0 aliphatic carbocycles. The van der Waals surface area contributed by atoms with Crippen molar-refractivity contribution in [2.24, 2.45) is 0 Å². The summed E-state index contributed by atoms with van der Waals surface area (Å²) in [7, 11) is 0.